The fourth-order valence-corrected chi connectivity index (χ4v) is 2.48. The Morgan fingerprint density at radius 2 is 1.71 bits per heavy atom. The van der Waals surface area contributed by atoms with E-state index in [0.29, 0.717) is 37.5 Å². The SMILES string of the molecule is Cl.NC1(C(=O)Nc2cccc(Oc3ccccc3)c2)CCOCC1. The van der Waals surface area contributed by atoms with Crippen LogP contribution in [0.1, 0.15) is 12.8 Å². The molecule has 3 N–H and O–H groups in total. The average molecular weight is 349 g/mol. The fraction of sp³-hybridized carbons (Fsp3) is 0.278. The van der Waals surface area contributed by atoms with E-state index in [1.807, 2.05) is 48.5 Å². The van der Waals surface area contributed by atoms with Crippen LogP contribution in [0.4, 0.5) is 5.69 Å². The number of hydrogen-bond acceptors (Lipinski definition) is 4. The van der Waals surface area contributed by atoms with Gasteiger partial charge in [-0.05, 0) is 37.1 Å². The summed E-state index contributed by atoms with van der Waals surface area (Å²) in [7, 11) is 0. The summed E-state index contributed by atoms with van der Waals surface area (Å²) in [5, 5.41) is 2.88. The monoisotopic (exact) mass is 348 g/mol. The van der Waals surface area contributed by atoms with Crippen molar-refractivity contribution in [2.24, 2.45) is 5.73 Å². The van der Waals surface area contributed by atoms with Crippen LogP contribution in [0.2, 0.25) is 0 Å². The highest BCUT2D eigenvalue weighted by Crippen LogP contribution is 2.25. The third-order valence-electron chi connectivity index (χ3n) is 3.91. The van der Waals surface area contributed by atoms with Crippen molar-refractivity contribution in [3.63, 3.8) is 0 Å². The molecule has 3 rings (SSSR count). The number of hydrogen-bond donors (Lipinski definition) is 2. The molecule has 0 radical (unpaired) electrons. The smallest absolute Gasteiger partial charge is 0.244 e. The van der Waals surface area contributed by atoms with E-state index in [2.05, 4.69) is 5.32 Å². The lowest BCUT2D eigenvalue weighted by molar-refractivity contribution is -0.124. The van der Waals surface area contributed by atoms with E-state index in [1.54, 1.807) is 6.07 Å². The highest BCUT2D eigenvalue weighted by Gasteiger charge is 2.35. The van der Waals surface area contributed by atoms with Gasteiger partial charge in [-0.25, -0.2) is 0 Å². The molecule has 5 nitrogen and oxygen atoms in total. The van der Waals surface area contributed by atoms with Gasteiger partial charge in [-0.15, -0.1) is 12.4 Å². The Kier molecular flexibility index (Phi) is 6.20. The van der Waals surface area contributed by atoms with E-state index in [-0.39, 0.29) is 18.3 Å². The lowest BCUT2D eigenvalue weighted by atomic mass is 9.90. The molecule has 1 fully saturated rings. The van der Waals surface area contributed by atoms with Crippen molar-refractivity contribution in [2.45, 2.75) is 18.4 Å². The Balaban J connectivity index is 0.00000208. The van der Waals surface area contributed by atoms with Gasteiger partial charge in [0.1, 0.15) is 17.0 Å². The molecule has 128 valence electrons. The van der Waals surface area contributed by atoms with Crippen molar-refractivity contribution in [3.05, 3.63) is 54.6 Å². The van der Waals surface area contributed by atoms with Crippen LogP contribution in [-0.4, -0.2) is 24.7 Å². The maximum absolute atomic E-state index is 12.4. The molecule has 0 atom stereocenters. The predicted molar refractivity (Wildman–Crippen MR) is 95.8 cm³/mol. The molecule has 1 aliphatic rings. The van der Waals surface area contributed by atoms with Crippen molar-refractivity contribution in [1.29, 1.82) is 0 Å². The maximum Gasteiger partial charge on any atom is 0.244 e. The average Bonchev–Trinajstić information content (AvgIpc) is 2.57. The number of halogens is 1. The van der Waals surface area contributed by atoms with E-state index in [1.165, 1.54) is 0 Å². The number of para-hydroxylation sites is 1. The molecule has 6 heteroatoms. The second-order valence-corrected chi connectivity index (χ2v) is 5.67. The topological polar surface area (TPSA) is 73.6 Å². The summed E-state index contributed by atoms with van der Waals surface area (Å²) in [6, 6.07) is 16.8. The minimum atomic E-state index is -0.867. The number of anilines is 1. The standard InChI is InChI=1S/C18H20N2O3.ClH/c19-18(9-11-22-12-10-18)17(21)20-14-5-4-8-16(13-14)23-15-6-2-1-3-7-15;/h1-8,13H,9-12,19H2,(H,20,21);1H. The van der Waals surface area contributed by atoms with Crippen LogP contribution in [0.25, 0.3) is 0 Å². The van der Waals surface area contributed by atoms with Crippen LogP contribution in [0.5, 0.6) is 11.5 Å². The first-order valence-electron chi connectivity index (χ1n) is 7.67. The molecule has 1 amide bonds. The summed E-state index contributed by atoms with van der Waals surface area (Å²) in [5.41, 5.74) is 5.99. The molecule has 1 aliphatic heterocycles. The molecule has 0 spiro atoms. The first kappa shape index (κ1) is 18.3. The minimum Gasteiger partial charge on any atom is -0.457 e. The zero-order valence-corrected chi connectivity index (χ0v) is 14.1. The lowest BCUT2D eigenvalue weighted by Crippen LogP contribution is -2.54. The van der Waals surface area contributed by atoms with Gasteiger partial charge in [0.25, 0.3) is 0 Å². The molecule has 0 bridgehead atoms. The molecular weight excluding hydrogens is 328 g/mol. The number of rotatable bonds is 4. The first-order chi connectivity index (χ1) is 11.2. The van der Waals surface area contributed by atoms with E-state index < -0.39 is 5.54 Å². The van der Waals surface area contributed by atoms with Crippen LogP contribution in [-0.2, 0) is 9.53 Å². The summed E-state index contributed by atoms with van der Waals surface area (Å²) in [4.78, 5) is 12.4. The number of benzene rings is 2. The first-order valence-corrected chi connectivity index (χ1v) is 7.67. The zero-order chi connectivity index (χ0) is 16.1. The Morgan fingerprint density at radius 1 is 1.04 bits per heavy atom. The quantitative estimate of drug-likeness (QED) is 0.888. The van der Waals surface area contributed by atoms with Gasteiger partial charge in [0.05, 0.1) is 0 Å². The van der Waals surface area contributed by atoms with Gasteiger partial charge in [-0.2, -0.15) is 0 Å². The molecule has 0 saturated carbocycles. The summed E-state index contributed by atoms with van der Waals surface area (Å²) in [6.07, 6.45) is 1.05. The van der Waals surface area contributed by atoms with E-state index in [4.69, 9.17) is 15.2 Å². The van der Waals surface area contributed by atoms with Crippen LogP contribution in [0, 0.1) is 0 Å². The van der Waals surface area contributed by atoms with Crippen molar-refractivity contribution in [1.82, 2.24) is 0 Å². The highest BCUT2D eigenvalue weighted by atomic mass is 35.5. The van der Waals surface area contributed by atoms with Crippen molar-refractivity contribution >= 4 is 24.0 Å². The molecule has 0 unspecified atom stereocenters. The normalized spacial score (nSPS) is 15.9. The van der Waals surface area contributed by atoms with Gasteiger partial charge in [-0.3, -0.25) is 4.79 Å². The van der Waals surface area contributed by atoms with Gasteiger partial charge in [0, 0.05) is 25.0 Å². The molecule has 2 aromatic carbocycles. The Labute approximate surface area is 147 Å². The number of amides is 1. The largest absolute Gasteiger partial charge is 0.457 e. The van der Waals surface area contributed by atoms with Gasteiger partial charge < -0.3 is 20.5 Å². The Morgan fingerprint density at radius 3 is 2.42 bits per heavy atom. The van der Waals surface area contributed by atoms with E-state index in [9.17, 15) is 4.79 Å². The zero-order valence-electron chi connectivity index (χ0n) is 13.2. The van der Waals surface area contributed by atoms with Crippen LogP contribution < -0.4 is 15.8 Å². The van der Waals surface area contributed by atoms with Crippen LogP contribution >= 0.6 is 12.4 Å². The molecule has 0 aliphatic carbocycles. The van der Waals surface area contributed by atoms with Crippen LogP contribution in [0.3, 0.4) is 0 Å². The van der Waals surface area contributed by atoms with Crippen molar-refractivity contribution < 1.29 is 14.3 Å². The molecule has 2 aromatic rings. The Hall–Kier alpha value is -2.08. The maximum atomic E-state index is 12.4. The van der Waals surface area contributed by atoms with Gasteiger partial charge in [-0.1, -0.05) is 24.3 Å². The molecular formula is C18H21ClN2O3. The lowest BCUT2D eigenvalue weighted by Gasteiger charge is -2.31. The summed E-state index contributed by atoms with van der Waals surface area (Å²) in [6.45, 7) is 1.03. The summed E-state index contributed by atoms with van der Waals surface area (Å²) < 4.78 is 11.0. The third kappa shape index (κ3) is 4.47. The van der Waals surface area contributed by atoms with Crippen LogP contribution in [0.15, 0.2) is 54.6 Å². The van der Waals surface area contributed by atoms with Crippen molar-refractivity contribution in [3.8, 4) is 11.5 Å². The number of carbonyl (C=O) groups excluding carboxylic acids is 1. The van der Waals surface area contributed by atoms with Gasteiger partial charge >= 0.3 is 0 Å². The van der Waals surface area contributed by atoms with Gasteiger partial charge in [0.2, 0.25) is 5.91 Å². The number of nitrogens with one attached hydrogen (secondary N) is 1. The molecule has 1 saturated heterocycles. The van der Waals surface area contributed by atoms with E-state index in [0.717, 1.165) is 5.75 Å². The summed E-state index contributed by atoms with van der Waals surface area (Å²) in [5.74, 6) is 1.22. The third-order valence-corrected chi connectivity index (χ3v) is 3.91. The van der Waals surface area contributed by atoms with Gasteiger partial charge in [0.15, 0.2) is 0 Å². The number of ether oxygens (including phenoxy) is 2. The molecule has 24 heavy (non-hydrogen) atoms. The second-order valence-electron chi connectivity index (χ2n) is 5.67. The fourth-order valence-electron chi connectivity index (χ4n) is 2.48. The predicted octanol–water partition coefficient (Wildman–Crippen LogP) is 3.35. The number of nitrogens with two attached hydrogens (primary N) is 1. The molecule has 0 aromatic heterocycles. The highest BCUT2D eigenvalue weighted by molar-refractivity contribution is 5.98. The second kappa shape index (κ2) is 8.15. The minimum absolute atomic E-state index is 0. The summed E-state index contributed by atoms with van der Waals surface area (Å²) >= 11 is 0. The van der Waals surface area contributed by atoms with Crippen molar-refractivity contribution in [2.75, 3.05) is 18.5 Å². The molecule has 1 heterocycles. The number of carbonyl (C=O) groups is 1. The van der Waals surface area contributed by atoms with E-state index >= 15 is 0 Å². The Bertz CT molecular complexity index is 673.